The Morgan fingerprint density at radius 1 is 1.18 bits per heavy atom. The number of hydrogen-bond donors (Lipinski definition) is 0. The van der Waals surface area contributed by atoms with Crippen LogP contribution in [0, 0.1) is 0 Å². The van der Waals surface area contributed by atoms with Gasteiger partial charge < -0.3 is 0 Å². The third-order valence-electron chi connectivity index (χ3n) is 1.33. The molecule has 0 saturated heterocycles. The molecule has 1 aromatic carbocycles. The summed E-state index contributed by atoms with van der Waals surface area (Å²) in [6.07, 6.45) is 0.986. The van der Waals surface area contributed by atoms with Crippen molar-refractivity contribution in [2.24, 2.45) is 0 Å². The van der Waals surface area contributed by atoms with E-state index >= 15 is 0 Å². The average Bonchev–Trinajstić information content (AvgIpc) is 2.07. The summed E-state index contributed by atoms with van der Waals surface area (Å²) in [4.78, 5) is 1.31. The zero-order valence-electron chi connectivity index (χ0n) is 6.42. The molecule has 0 aromatic heterocycles. The van der Waals surface area contributed by atoms with E-state index in [2.05, 4.69) is 12.1 Å². The highest BCUT2D eigenvalue weighted by Crippen LogP contribution is 2.16. The van der Waals surface area contributed by atoms with Crippen LogP contribution >= 0.6 is 11.8 Å². The first-order valence-electron chi connectivity index (χ1n) is 3.76. The summed E-state index contributed by atoms with van der Waals surface area (Å²) in [5.41, 5.74) is 6.96. The number of benzene rings is 1. The molecule has 11 heavy (non-hydrogen) atoms. The fourth-order valence-corrected chi connectivity index (χ4v) is 1.65. The maximum Gasteiger partial charge on any atom is 0.0108 e. The van der Waals surface area contributed by atoms with Crippen LogP contribution in [-0.2, 0) is 0 Å². The van der Waals surface area contributed by atoms with Gasteiger partial charge in [-0.1, -0.05) is 18.2 Å². The van der Waals surface area contributed by atoms with Crippen molar-refractivity contribution in [3.8, 4) is 0 Å². The van der Waals surface area contributed by atoms with E-state index in [0.717, 1.165) is 12.2 Å². The van der Waals surface area contributed by atoms with Crippen molar-refractivity contribution in [1.29, 1.82) is 0 Å². The van der Waals surface area contributed by atoms with Gasteiger partial charge in [0.25, 0.3) is 0 Å². The molecule has 0 aliphatic carbocycles. The van der Waals surface area contributed by atoms with Gasteiger partial charge in [-0.05, 0) is 24.3 Å². The maximum absolute atomic E-state index is 6.96. The van der Waals surface area contributed by atoms with Gasteiger partial charge in [-0.2, -0.15) is 0 Å². The van der Waals surface area contributed by atoms with Crippen LogP contribution in [-0.4, -0.2) is 12.3 Å². The summed E-state index contributed by atoms with van der Waals surface area (Å²) in [6.45, 7) is 0.542. The lowest BCUT2D eigenvalue weighted by atomic mass is 10.4. The minimum absolute atomic E-state index is 0.542. The molecule has 1 rings (SSSR count). The van der Waals surface area contributed by atoms with Gasteiger partial charge in [0.05, 0.1) is 0 Å². The highest BCUT2D eigenvalue weighted by molar-refractivity contribution is 7.99. The molecule has 1 radical (unpaired) electrons. The second-order valence-electron chi connectivity index (χ2n) is 2.27. The van der Waals surface area contributed by atoms with Gasteiger partial charge in [0, 0.05) is 11.4 Å². The Morgan fingerprint density at radius 2 is 1.91 bits per heavy atom. The minimum Gasteiger partial charge on any atom is -0.258 e. The Bertz CT molecular complexity index is 186. The van der Waals surface area contributed by atoms with Gasteiger partial charge in [0.2, 0.25) is 0 Å². The van der Waals surface area contributed by atoms with Gasteiger partial charge in [0.1, 0.15) is 0 Å². The zero-order valence-corrected chi connectivity index (χ0v) is 7.23. The predicted molar refractivity (Wildman–Crippen MR) is 49.7 cm³/mol. The van der Waals surface area contributed by atoms with E-state index in [9.17, 15) is 0 Å². The molecule has 0 spiro atoms. The standard InChI is InChI=1S/C9H12NS/c10-7-4-8-11-9-5-2-1-3-6-9/h1-3,5-6,10H,4,7-8H2. The molecule has 0 aliphatic heterocycles. The molecule has 0 bridgehead atoms. The number of rotatable bonds is 4. The first-order valence-corrected chi connectivity index (χ1v) is 4.74. The summed E-state index contributed by atoms with van der Waals surface area (Å²) in [6, 6.07) is 10.3. The van der Waals surface area contributed by atoms with Crippen LogP contribution in [0.5, 0.6) is 0 Å². The van der Waals surface area contributed by atoms with Crippen molar-refractivity contribution in [2.75, 3.05) is 12.3 Å². The van der Waals surface area contributed by atoms with Crippen LogP contribution in [0.1, 0.15) is 6.42 Å². The van der Waals surface area contributed by atoms with Crippen molar-refractivity contribution >= 4 is 11.8 Å². The van der Waals surface area contributed by atoms with Gasteiger partial charge in [-0.25, -0.2) is 0 Å². The van der Waals surface area contributed by atoms with E-state index in [1.165, 1.54) is 4.90 Å². The Kier molecular flexibility index (Phi) is 4.09. The van der Waals surface area contributed by atoms with Crippen LogP contribution in [0.2, 0.25) is 0 Å². The van der Waals surface area contributed by atoms with Gasteiger partial charge in [-0.3, -0.25) is 5.73 Å². The highest BCUT2D eigenvalue weighted by atomic mass is 32.2. The molecule has 0 amide bonds. The lowest BCUT2D eigenvalue weighted by molar-refractivity contribution is 0.917. The van der Waals surface area contributed by atoms with Crippen molar-refractivity contribution in [3.05, 3.63) is 30.3 Å². The lowest BCUT2D eigenvalue weighted by Crippen LogP contribution is -1.86. The summed E-state index contributed by atoms with van der Waals surface area (Å²) >= 11 is 1.82. The summed E-state index contributed by atoms with van der Waals surface area (Å²) in [5.74, 6) is 1.06. The molecule has 59 valence electrons. The van der Waals surface area contributed by atoms with Crippen molar-refractivity contribution in [1.82, 2.24) is 5.73 Å². The van der Waals surface area contributed by atoms with Crippen molar-refractivity contribution in [2.45, 2.75) is 11.3 Å². The van der Waals surface area contributed by atoms with Crippen LogP contribution in [0.3, 0.4) is 0 Å². The van der Waals surface area contributed by atoms with E-state index in [4.69, 9.17) is 5.73 Å². The topological polar surface area (TPSA) is 23.8 Å². The lowest BCUT2D eigenvalue weighted by Gasteiger charge is -1.97. The molecule has 0 atom stereocenters. The number of thioether (sulfide) groups is 1. The predicted octanol–water partition coefficient (Wildman–Crippen LogP) is 2.45. The molecular weight excluding hydrogens is 154 g/mol. The Labute approximate surface area is 72.0 Å². The number of hydrogen-bond acceptors (Lipinski definition) is 1. The average molecular weight is 166 g/mol. The molecule has 2 heteroatoms. The third-order valence-corrected chi connectivity index (χ3v) is 2.43. The van der Waals surface area contributed by atoms with Gasteiger partial charge in [0.15, 0.2) is 0 Å². The largest absolute Gasteiger partial charge is 0.258 e. The summed E-state index contributed by atoms with van der Waals surface area (Å²) in [7, 11) is 0. The van der Waals surface area contributed by atoms with E-state index in [1.54, 1.807) is 0 Å². The smallest absolute Gasteiger partial charge is 0.0108 e. The molecule has 0 aliphatic rings. The van der Waals surface area contributed by atoms with E-state index in [1.807, 2.05) is 30.0 Å². The van der Waals surface area contributed by atoms with Crippen molar-refractivity contribution < 1.29 is 0 Å². The minimum atomic E-state index is 0.542. The summed E-state index contributed by atoms with van der Waals surface area (Å²) in [5, 5.41) is 0. The quantitative estimate of drug-likeness (QED) is 0.498. The fraction of sp³-hybridized carbons (Fsp3) is 0.333. The molecule has 0 unspecified atom stereocenters. The van der Waals surface area contributed by atoms with E-state index < -0.39 is 0 Å². The van der Waals surface area contributed by atoms with E-state index in [-0.39, 0.29) is 0 Å². The fourth-order valence-electron chi connectivity index (χ4n) is 0.779. The number of nitrogens with one attached hydrogen (secondary N) is 1. The van der Waals surface area contributed by atoms with E-state index in [0.29, 0.717) is 6.54 Å². The normalized spacial score (nSPS) is 9.91. The molecule has 1 N–H and O–H groups in total. The molecular formula is C9H12NS. The maximum atomic E-state index is 6.96. The Balaban J connectivity index is 2.28. The molecule has 0 saturated carbocycles. The van der Waals surface area contributed by atoms with Crippen LogP contribution in [0.15, 0.2) is 35.2 Å². The summed E-state index contributed by atoms with van der Waals surface area (Å²) < 4.78 is 0. The second-order valence-corrected chi connectivity index (χ2v) is 3.43. The molecule has 0 fully saturated rings. The van der Waals surface area contributed by atoms with Crippen molar-refractivity contribution in [3.63, 3.8) is 0 Å². The van der Waals surface area contributed by atoms with Gasteiger partial charge >= 0.3 is 0 Å². The molecule has 1 aromatic rings. The monoisotopic (exact) mass is 166 g/mol. The third kappa shape index (κ3) is 3.44. The van der Waals surface area contributed by atoms with Crippen LogP contribution in [0.4, 0.5) is 0 Å². The van der Waals surface area contributed by atoms with Crippen LogP contribution in [0.25, 0.3) is 0 Å². The molecule has 0 heterocycles. The molecule has 1 nitrogen and oxygen atoms in total. The first kappa shape index (κ1) is 8.62. The highest BCUT2D eigenvalue weighted by Gasteiger charge is 1.89. The van der Waals surface area contributed by atoms with Gasteiger partial charge in [-0.15, -0.1) is 11.8 Å². The second kappa shape index (κ2) is 5.22. The Hall–Kier alpha value is -0.470. The first-order chi connectivity index (χ1) is 5.43. The Morgan fingerprint density at radius 3 is 2.55 bits per heavy atom. The zero-order chi connectivity index (χ0) is 7.94. The van der Waals surface area contributed by atoms with Crippen LogP contribution < -0.4 is 5.73 Å². The SMILES string of the molecule is [NH]CCCSc1ccccc1.